The number of rotatable bonds is 7. The lowest BCUT2D eigenvalue weighted by Crippen LogP contribution is -2.25. The summed E-state index contributed by atoms with van der Waals surface area (Å²) in [6, 6.07) is 7.31. The summed E-state index contributed by atoms with van der Waals surface area (Å²) < 4.78 is 49.1. The lowest BCUT2D eigenvalue weighted by atomic mass is 10.0. The molecule has 0 fully saturated rings. The van der Waals surface area contributed by atoms with Crippen LogP contribution in [0.4, 0.5) is 18.9 Å². The number of ether oxygens (including phenoxy) is 2. The number of nitrogens with one attached hydrogen (secondary N) is 1. The molecule has 0 spiro atoms. The van der Waals surface area contributed by atoms with Gasteiger partial charge < -0.3 is 19.7 Å². The Morgan fingerprint density at radius 2 is 1.84 bits per heavy atom. The average Bonchev–Trinajstić information content (AvgIpc) is 3.00. The van der Waals surface area contributed by atoms with Crippen molar-refractivity contribution < 1.29 is 22.6 Å². The molecule has 0 bridgehead atoms. The van der Waals surface area contributed by atoms with Crippen molar-refractivity contribution in [3.8, 4) is 11.5 Å². The van der Waals surface area contributed by atoms with Gasteiger partial charge in [-0.2, -0.15) is 0 Å². The van der Waals surface area contributed by atoms with Gasteiger partial charge in [-0.1, -0.05) is 36.4 Å². The van der Waals surface area contributed by atoms with E-state index >= 15 is 0 Å². The monoisotopic (exact) mass is 450 g/mol. The zero-order valence-electron chi connectivity index (χ0n) is 17.3. The van der Waals surface area contributed by atoms with Crippen LogP contribution in [0.2, 0.25) is 5.02 Å². The Kier molecular flexibility index (Phi) is 6.55. The molecule has 164 valence electrons. The normalized spacial score (nSPS) is 14.7. The van der Waals surface area contributed by atoms with E-state index in [1.807, 2.05) is 19.0 Å². The van der Waals surface area contributed by atoms with Crippen LogP contribution in [0.3, 0.4) is 0 Å². The van der Waals surface area contributed by atoms with Crippen LogP contribution < -0.4 is 19.7 Å². The molecule has 0 atom stereocenters. The van der Waals surface area contributed by atoms with Crippen molar-refractivity contribution in [3.63, 3.8) is 0 Å². The summed E-state index contributed by atoms with van der Waals surface area (Å²) in [6.07, 6.45) is 1.58. The Balaban J connectivity index is 1.71. The van der Waals surface area contributed by atoms with E-state index in [4.69, 9.17) is 11.6 Å². The van der Waals surface area contributed by atoms with Crippen molar-refractivity contribution in [2.24, 2.45) is 0 Å². The Labute approximate surface area is 184 Å². The molecule has 1 heterocycles. The summed E-state index contributed by atoms with van der Waals surface area (Å²) in [5.41, 5.74) is 3.48. The van der Waals surface area contributed by atoms with Crippen molar-refractivity contribution in [2.75, 3.05) is 19.0 Å². The van der Waals surface area contributed by atoms with Crippen molar-refractivity contribution in [2.45, 2.75) is 19.8 Å². The number of alkyl halides is 2. The highest BCUT2D eigenvalue weighted by Gasteiger charge is 2.43. The van der Waals surface area contributed by atoms with Crippen LogP contribution in [-0.4, -0.2) is 20.4 Å². The van der Waals surface area contributed by atoms with E-state index in [-0.39, 0.29) is 22.3 Å². The van der Waals surface area contributed by atoms with Crippen molar-refractivity contribution in [1.29, 1.82) is 0 Å². The standard InChI is InChI=1S/C23H22ClF3N2O2/c1-5-15(18-11-21-22(12-19(18)24)31-23(26,27)30-21)7-6-14(2)28-13-16-8-9-17(25)10-20(16)29(3)4/h5-12,28H,2,13H2,1,3-4H3/b7-6-,15-5+. The first-order valence-corrected chi connectivity index (χ1v) is 9.80. The summed E-state index contributed by atoms with van der Waals surface area (Å²) in [4.78, 5) is 1.84. The fourth-order valence-electron chi connectivity index (χ4n) is 3.10. The third-order valence-electron chi connectivity index (χ3n) is 4.61. The van der Waals surface area contributed by atoms with Crippen LogP contribution in [0, 0.1) is 5.82 Å². The van der Waals surface area contributed by atoms with Gasteiger partial charge in [-0.3, -0.25) is 0 Å². The van der Waals surface area contributed by atoms with Crippen LogP contribution in [0.25, 0.3) is 5.57 Å². The fraction of sp³-hybridized carbons (Fsp3) is 0.217. The number of allylic oxidation sites excluding steroid dienone is 4. The van der Waals surface area contributed by atoms with Crippen LogP contribution >= 0.6 is 11.6 Å². The van der Waals surface area contributed by atoms with Gasteiger partial charge >= 0.3 is 6.29 Å². The molecular formula is C23H22ClF3N2O2. The summed E-state index contributed by atoms with van der Waals surface area (Å²) >= 11 is 6.26. The molecule has 1 N–H and O–H groups in total. The van der Waals surface area contributed by atoms with E-state index in [2.05, 4.69) is 21.4 Å². The van der Waals surface area contributed by atoms with Crippen LogP contribution in [0.1, 0.15) is 18.1 Å². The molecule has 0 radical (unpaired) electrons. The maximum absolute atomic E-state index is 13.5. The minimum atomic E-state index is -3.71. The average molecular weight is 451 g/mol. The molecular weight excluding hydrogens is 429 g/mol. The molecule has 2 aromatic rings. The number of benzene rings is 2. The molecule has 2 aromatic carbocycles. The summed E-state index contributed by atoms with van der Waals surface area (Å²) in [7, 11) is 3.69. The number of anilines is 1. The molecule has 0 unspecified atom stereocenters. The molecule has 4 nitrogen and oxygen atoms in total. The lowest BCUT2D eigenvalue weighted by Gasteiger charge is -2.18. The highest BCUT2D eigenvalue weighted by molar-refractivity contribution is 6.32. The second-order valence-corrected chi connectivity index (χ2v) is 7.48. The molecule has 0 saturated carbocycles. The van der Waals surface area contributed by atoms with E-state index in [0.29, 0.717) is 23.4 Å². The first kappa shape index (κ1) is 22.6. The zero-order chi connectivity index (χ0) is 22.8. The van der Waals surface area contributed by atoms with E-state index in [1.54, 1.807) is 31.2 Å². The number of nitrogens with zero attached hydrogens (tertiary/aromatic N) is 1. The molecule has 8 heteroatoms. The second-order valence-electron chi connectivity index (χ2n) is 7.07. The van der Waals surface area contributed by atoms with E-state index in [9.17, 15) is 13.2 Å². The molecule has 0 aromatic heterocycles. The third-order valence-corrected chi connectivity index (χ3v) is 4.92. The van der Waals surface area contributed by atoms with Gasteiger partial charge in [0.15, 0.2) is 11.5 Å². The number of hydrogen-bond acceptors (Lipinski definition) is 4. The van der Waals surface area contributed by atoms with Crippen LogP contribution in [0.15, 0.2) is 60.8 Å². The van der Waals surface area contributed by atoms with Crippen molar-refractivity contribution in [3.05, 3.63) is 82.8 Å². The van der Waals surface area contributed by atoms with E-state index < -0.39 is 6.29 Å². The predicted octanol–water partition coefficient (Wildman–Crippen LogP) is 6.13. The second kappa shape index (κ2) is 8.98. The van der Waals surface area contributed by atoms with Gasteiger partial charge in [0, 0.05) is 43.7 Å². The summed E-state index contributed by atoms with van der Waals surface area (Å²) in [5.74, 6) is -0.496. The fourth-order valence-corrected chi connectivity index (χ4v) is 3.36. The minimum absolute atomic E-state index is 0.0818. The molecule has 0 aliphatic carbocycles. The SMILES string of the molecule is C=C(/C=C\C(=C/C)c1cc2c(cc1Cl)OC(F)(F)O2)NCc1ccc(F)cc1N(C)C. The maximum atomic E-state index is 13.5. The topological polar surface area (TPSA) is 33.7 Å². The minimum Gasteiger partial charge on any atom is -0.395 e. The van der Waals surface area contributed by atoms with Crippen molar-refractivity contribution >= 4 is 22.9 Å². The van der Waals surface area contributed by atoms with E-state index in [0.717, 1.165) is 11.3 Å². The first-order valence-electron chi connectivity index (χ1n) is 9.42. The smallest absolute Gasteiger partial charge is 0.395 e. The van der Waals surface area contributed by atoms with Crippen LogP contribution in [-0.2, 0) is 6.54 Å². The Bertz CT molecular complexity index is 1070. The summed E-state index contributed by atoms with van der Waals surface area (Å²) in [6.45, 7) is 6.22. The number of halogens is 4. The van der Waals surface area contributed by atoms with Crippen molar-refractivity contribution in [1.82, 2.24) is 5.32 Å². The van der Waals surface area contributed by atoms with Gasteiger partial charge in [0.05, 0.1) is 5.02 Å². The highest BCUT2D eigenvalue weighted by atomic mass is 35.5. The van der Waals surface area contributed by atoms with E-state index in [1.165, 1.54) is 24.3 Å². The van der Waals surface area contributed by atoms with Gasteiger partial charge in [0.2, 0.25) is 0 Å². The third kappa shape index (κ3) is 5.35. The number of hydrogen-bond donors (Lipinski definition) is 1. The van der Waals surface area contributed by atoms with Gasteiger partial charge in [-0.15, -0.1) is 8.78 Å². The van der Waals surface area contributed by atoms with Gasteiger partial charge in [0.1, 0.15) is 5.82 Å². The molecule has 0 amide bonds. The quantitative estimate of drug-likeness (QED) is 0.514. The summed E-state index contributed by atoms with van der Waals surface area (Å²) in [5, 5.41) is 3.43. The highest BCUT2D eigenvalue weighted by Crippen LogP contribution is 2.45. The van der Waals surface area contributed by atoms with Gasteiger partial charge in [0.25, 0.3) is 0 Å². The lowest BCUT2D eigenvalue weighted by molar-refractivity contribution is -0.286. The molecule has 0 saturated heterocycles. The van der Waals surface area contributed by atoms with Gasteiger partial charge in [-0.05, 0) is 42.3 Å². The maximum Gasteiger partial charge on any atom is 0.586 e. The first-order chi connectivity index (χ1) is 14.6. The molecule has 1 aliphatic heterocycles. The zero-order valence-corrected chi connectivity index (χ0v) is 18.1. The Hall–Kier alpha value is -3.06. The molecule has 1 aliphatic rings. The van der Waals surface area contributed by atoms with Gasteiger partial charge in [-0.25, -0.2) is 4.39 Å². The Morgan fingerprint density at radius 1 is 1.16 bits per heavy atom. The molecule has 31 heavy (non-hydrogen) atoms. The largest absolute Gasteiger partial charge is 0.586 e. The number of fused-ring (bicyclic) bond motifs is 1. The Morgan fingerprint density at radius 3 is 2.48 bits per heavy atom. The predicted molar refractivity (Wildman–Crippen MR) is 117 cm³/mol. The van der Waals surface area contributed by atoms with Crippen LogP contribution in [0.5, 0.6) is 11.5 Å². The molecule has 3 rings (SSSR count).